The Balaban J connectivity index is 2.02. The molecule has 0 bridgehead atoms. The summed E-state index contributed by atoms with van der Waals surface area (Å²) in [7, 11) is 0.586. The van der Waals surface area contributed by atoms with Crippen LogP contribution in [0.1, 0.15) is 5.56 Å². The highest BCUT2D eigenvalue weighted by Gasteiger charge is 2.38. The smallest absolute Gasteiger partial charge is 0.294 e. The summed E-state index contributed by atoms with van der Waals surface area (Å²) in [4.78, 5) is 0. The predicted octanol–water partition coefficient (Wildman–Crippen LogP) is 2.25. The van der Waals surface area contributed by atoms with Crippen molar-refractivity contribution in [3.05, 3.63) is 66.2 Å². The van der Waals surface area contributed by atoms with E-state index in [0.29, 0.717) is 5.84 Å². The highest BCUT2D eigenvalue weighted by atomic mass is 31.2. The fourth-order valence-corrected chi connectivity index (χ4v) is 4.39. The van der Waals surface area contributed by atoms with Gasteiger partial charge in [0.15, 0.2) is 5.84 Å². The standard InChI is InChI=1S/C15H17N4OP/c1-18-16-15(13-9-5-3-6-10-13)17-19(2)21(18,20)14-11-7-4-8-12-14/h3-12H,1-2H3,(H,16,17). The normalized spacial score (nSPS) is 22.6. The van der Waals surface area contributed by atoms with E-state index in [9.17, 15) is 4.57 Å². The van der Waals surface area contributed by atoms with E-state index in [4.69, 9.17) is 0 Å². The molecule has 0 saturated carbocycles. The Kier molecular flexibility index (Phi) is 3.53. The van der Waals surface area contributed by atoms with Gasteiger partial charge in [0.1, 0.15) is 0 Å². The van der Waals surface area contributed by atoms with E-state index in [-0.39, 0.29) is 0 Å². The lowest BCUT2D eigenvalue weighted by molar-refractivity contribution is 0.360. The van der Waals surface area contributed by atoms with Crippen molar-refractivity contribution < 1.29 is 4.57 Å². The maximum atomic E-state index is 13.4. The largest absolute Gasteiger partial charge is 0.300 e. The molecule has 5 nitrogen and oxygen atoms in total. The van der Waals surface area contributed by atoms with Crippen molar-refractivity contribution in [2.45, 2.75) is 0 Å². The highest BCUT2D eigenvalue weighted by Crippen LogP contribution is 2.50. The summed E-state index contributed by atoms with van der Waals surface area (Å²) in [5, 5.41) is 5.22. The molecule has 0 aliphatic carbocycles. The van der Waals surface area contributed by atoms with E-state index in [1.165, 1.54) is 0 Å². The Labute approximate surface area is 124 Å². The minimum Gasteiger partial charge on any atom is -0.294 e. The Morgan fingerprint density at radius 3 is 2.10 bits per heavy atom. The molecule has 2 aromatic carbocycles. The van der Waals surface area contributed by atoms with Gasteiger partial charge in [0, 0.05) is 25.0 Å². The summed E-state index contributed by atoms with van der Waals surface area (Å²) in [5.74, 6) is 0.683. The summed E-state index contributed by atoms with van der Waals surface area (Å²) in [6.07, 6.45) is 0. The van der Waals surface area contributed by atoms with E-state index >= 15 is 0 Å². The molecule has 0 spiro atoms. The first-order chi connectivity index (χ1) is 10.1. The second-order valence-electron chi connectivity index (χ2n) is 4.82. The third-order valence-electron chi connectivity index (χ3n) is 3.45. The molecule has 0 fully saturated rings. The van der Waals surface area contributed by atoms with Crippen molar-refractivity contribution in [1.82, 2.24) is 15.0 Å². The molecule has 0 amide bonds. The molecular formula is C15H17N4OP. The minimum atomic E-state index is -2.94. The SMILES string of the molecule is CN1N=C(c2ccccc2)NN(C)P1(=O)c1ccccc1. The Morgan fingerprint density at radius 2 is 1.52 bits per heavy atom. The van der Waals surface area contributed by atoms with Crippen LogP contribution in [-0.4, -0.2) is 29.5 Å². The van der Waals surface area contributed by atoms with Gasteiger partial charge >= 0.3 is 7.44 Å². The van der Waals surface area contributed by atoms with E-state index in [1.54, 1.807) is 23.7 Å². The molecule has 1 unspecified atom stereocenters. The number of hydrogen-bond acceptors (Lipinski definition) is 3. The molecule has 1 atom stereocenters. The molecule has 1 aliphatic heterocycles. The molecule has 21 heavy (non-hydrogen) atoms. The summed E-state index contributed by atoms with van der Waals surface area (Å²) in [5.41, 5.74) is 4.08. The number of hydrogen-bond donors (Lipinski definition) is 1. The molecule has 3 rings (SSSR count). The van der Waals surface area contributed by atoms with Gasteiger partial charge in [0.25, 0.3) is 0 Å². The van der Waals surface area contributed by atoms with Gasteiger partial charge in [-0.1, -0.05) is 48.5 Å². The van der Waals surface area contributed by atoms with Gasteiger partial charge in [-0.05, 0) is 12.1 Å². The monoisotopic (exact) mass is 300 g/mol. The number of nitrogens with zero attached hydrogens (tertiary/aromatic N) is 3. The second kappa shape index (κ2) is 5.35. The van der Waals surface area contributed by atoms with Crippen LogP contribution in [0, 0.1) is 0 Å². The Hall–Kier alpha value is -2.10. The summed E-state index contributed by atoms with van der Waals surface area (Å²) >= 11 is 0. The molecule has 1 N–H and O–H groups in total. The fraction of sp³-hybridized carbons (Fsp3) is 0.133. The number of rotatable bonds is 2. The van der Waals surface area contributed by atoms with Crippen molar-refractivity contribution in [2.75, 3.05) is 14.1 Å². The lowest BCUT2D eigenvalue weighted by atomic mass is 10.2. The zero-order valence-corrected chi connectivity index (χ0v) is 12.9. The van der Waals surface area contributed by atoms with Crippen LogP contribution in [-0.2, 0) is 4.57 Å². The van der Waals surface area contributed by atoms with Crippen LogP contribution < -0.4 is 10.7 Å². The van der Waals surface area contributed by atoms with Gasteiger partial charge in [-0.15, -0.1) is 4.78 Å². The predicted molar refractivity (Wildman–Crippen MR) is 85.3 cm³/mol. The molecule has 1 heterocycles. The molecule has 2 aromatic rings. The average Bonchev–Trinajstić information content (AvgIpc) is 2.54. The minimum absolute atomic E-state index is 0.683. The number of benzene rings is 2. The van der Waals surface area contributed by atoms with Crippen molar-refractivity contribution >= 4 is 18.6 Å². The first-order valence-electron chi connectivity index (χ1n) is 6.67. The van der Waals surface area contributed by atoms with Crippen LogP contribution in [0.5, 0.6) is 0 Å². The van der Waals surface area contributed by atoms with Gasteiger partial charge in [-0.25, -0.2) is 4.78 Å². The fourth-order valence-electron chi connectivity index (χ4n) is 2.32. The van der Waals surface area contributed by atoms with Crippen LogP contribution in [0.3, 0.4) is 0 Å². The number of nitrogens with one attached hydrogen (secondary N) is 1. The van der Waals surface area contributed by atoms with Crippen LogP contribution in [0.15, 0.2) is 65.8 Å². The van der Waals surface area contributed by atoms with Crippen LogP contribution >= 0.6 is 7.44 Å². The molecule has 0 aromatic heterocycles. The second-order valence-corrected chi connectivity index (χ2v) is 7.60. The van der Waals surface area contributed by atoms with E-state index < -0.39 is 7.44 Å². The van der Waals surface area contributed by atoms with Gasteiger partial charge in [0.2, 0.25) is 0 Å². The highest BCUT2D eigenvalue weighted by molar-refractivity contribution is 7.67. The summed E-state index contributed by atoms with van der Waals surface area (Å²) in [6, 6.07) is 19.2. The molecule has 1 aliphatic rings. The topological polar surface area (TPSA) is 47.9 Å². The molecular weight excluding hydrogens is 283 g/mol. The third-order valence-corrected chi connectivity index (χ3v) is 6.21. The van der Waals surface area contributed by atoms with Crippen LogP contribution in [0.4, 0.5) is 0 Å². The maximum absolute atomic E-state index is 13.4. The number of amidine groups is 1. The van der Waals surface area contributed by atoms with Crippen LogP contribution in [0.2, 0.25) is 0 Å². The van der Waals surface area contributed by atoms with E-state index in [0.717, 1.165) is 10.9 Å². The van der Waals surface area contributed by atoms with Crippen molar-refractivity contribution in [3.63, 3.8) is 0 Å². The summed E-state index contributed by atoms with van der Waals surface area (Å²) in [6.45, 7) is 0. The zero-order valence-electron chi connectivity index (χ0n) is 12.0. The van der Waals surface area contributed by atoms with E-state index in [2.05, 4.69) is 10.5 Å². The number of hydrazine groups is 1. The quantitative estimate of drug-likeness (QED) is 0.864. The molecule has 6 heteroatoms. The van der Waals surface area contributed by atoms with Gasteiger partial charge in [-0.3, -0.25) is 9.99 Å². The maximum Gasteiger partial charge on any atom is 0.300 e. The lowest BCUT2D eigenvalue weighted by Gasteiger charge is -2.38. The van der Waals surface area contributed by atoms with Gasteiger partial charge in [-0.2, -0.15) is 5.10 Å². The first-order valence-corrected chi connectivity index (χ1v) is 8.28. The Morgan fingerprint density at radius 1 is 0.952 bits per heavy atom. The average molecular weight is 300 g/mol. The zero-order chi connectivity index (χ0) is 14.9. The van der Waals surface area contributed by atoms with E-state index in [1.807, 2.05) is 60.7 Å². The lowest BCUT2D eigenvalue weighted by Crippen LogP contribution is -2.47. The van der Waals surface area contributed by atoms with Gasteiger partial charge in [0.05, 0.1) is 0 Å². The van der Waals surface area contributed by atoms with Crippen molar-refractivity contribution in [2.24, 2.45) is 5.10 Å². The molecule has 108 valence electrons. The summed E-state index contributed by atoms with van der Waals surface area (Å²) < 4.78 is 16.6. The Bertz CT molecular complexity index is 702. The molecule has 0 saturated heterocycles. The van der Waals surface area contributed by atoms with Gasteiger partial charge < -0.3 is 0 Å². The van der Waals surface area contributed by atoms with Crippen LogP contribution in [0.25, 0.3) is 0 Å². The van der Waals surface area contributed by atoms with Crippen molar-refractivity contribution in [3.8, 4) is 0 Å². The first kappa shape index (κ1) is 13.9. The number of hydrazone groups is 1. The molecule has 0 radical (unpaired) electrons. The third kappa shape index (κ3) is 2.35. The van der Waals surface area contributed by atoms with Crippen molar-refractivity contribution in [1.29, 1.82) is 0 Å².